The molecule has 174 valence electrons. The summed E-state index contributed by atoms with van der Waals surface area (Å²) in [7, 11) is 0. The fourth-order valence-electron chi connectivity index (χ4n) is 3.12. The number of para-hydroxylation sites is 2. The van der Waals surface area contributed by atoms with Crippen molar-refractivity contribution in [2.75, 3.05) is 11.9 Å². The molecule has 0 heterocycles. The third kappa shape index (κ3) is 7.03. The van der Waals surface area contributed by atoms with Crippen molar-refractivity contribution in [1.82, 2.24) is 10.7 Å². The molecule has 3 amide bonds. The van der Waals surface area contributed by atoms with Gasteiger partial charge < -0.3 is 15.4 Å². The molecule has 34 heavy (non-hydrogen) atoms. The van der Waals surface area contributed by atoms with Crippen LogP contribution in [0.1, 0.15) is 22.3 Å². The standard InChI is InChI=1S/C26H26N4O4/c1-18-9-8-10-19(2)24(18)29-23(31)17-34-22-14-7-6-13-21(22)16-28-30-26(33)25(32)27-15-20-11-4-3-5-12-20/h3-14,16H,15,17H2,1-2H3,(H,27,32)(H,29,31)(H,30,33)/b28-16-. The first-order valence-corrected chi connectivity index (χ1v) is 10.7. The molecule has 8 heteroatoms. The van der Waals surface area contributed by atoms with Crippen LogP contribution < -0.4 is 20.8 Å². The first-order valence-electron chi connectivity index (χ1n) is 10.7. The number of nitrogens with one attached hydrogen (secondary N) is 3. The van der Waals surface area contributed by atoms with E-state index in [9.17, 15) is 14.4 Å². The van der Waals surface area contributed by atoms with Crippen LogP contribution in [-0.4, -0.2) is 30.5 Å². The number of rotatable bonds is 8. The molecule has 0 aromatic heterocycles. The first-order chi connectivity index (χ1) is 16.4. The third-order valence-electron chi connectivity index (χ3n) is 4.90. The molecule has 0 fully saturated rings. The number of benzene rings is 3. The lowest BCUT2D eigenvalue weighted by Crippen LogP contribution is -2.37. The van der Waals surface area contributed by atoms with E-state index in [0.717, 1.165) is 22.4 Å². The summed E-state index contributed by atoms with van der Waals surface area (Å²) in [6.45, 7) is 3.88. The van der Waals surface area contributed by atoms with E-state index >= 15 is 0 Å². The zero-order chi connectivity index (χ0) is 24.3. The summed E-state index contributed by atoms with van der Waals surface area (Å²) in [6.07, 6.45) is 1.35. The molecule has 0 aliphatic heterocycles. The zero-order valence-electron chi connectivity index (χ0n) is 19.0. The molecule has 0 atom stereocenters. The lowest BCUT2D eigenvalue weighted by molar-refractivity contribution is -0.139. The number of carbonyl (C=O) groups is 3. The summed E-state index contributed by atoms with van der Waals surface area (Å²) in [6, 6.07) is 21.9. The Hall–Kier alpha value is -4.46. The molecule has 0 spiro atoms. The third-order valence-corrected chi connectivity index (χ3v) is 4.90. The summed E-state index contributed by atoms with van der Waals surface area (Å²) >= 11 is 0. The van der Waals surface area contributed by atoms with Gasteiger partial charge in [0.1, 0.15) is 5.75 Å². The normalized spacial score (nSPS) is 10.5. The van der Waals surface area contributed by atoms with E-state index in [1.165, 1.54) is 6.21 Å². The van der Waals surface area contributed by atoms with E-state index in [4.69, 9.17) is 4.74 Å². The predicted molar refractivity (Wildman–Crippen MR) is 131 cm³/mol. The average molecular weight is 459 g/mol. The fourth-order valence-corrected chi connectivity index (χ4v) is 3.12. The van der Waals surface area contributed by atoms with Crippen molar-refractivity contribution < 1.29 is 19.1 Å². The van der Waals surface area contributed by atoms with E-state index < -0.39 is 11.8 Å². The topological polar surface area (TPSA) is 109 Å². The van der Waals surface area contributed by atoms with Gasteiger partial charge in [-0.05, 0) is 42.7 Å². The fraction of sp³-hybridized carbons (Fsp3) is 0.154. The second-order valence-electron chi connectivity index (χ2n) is 7.51. The Labute approximate surface area is 198 Å². The van der Waals surface area contributed by atoms with Gasteiger partial charge in [0.15, 0.2) is 6.61 Å². The van der Waals surface area contributed by atoms with Crippen LogP contribution in [0, 0.1) is 13.8 Å². The Morgan fingerprint density at radius 1 is 0.853 bits per heavy atom. The Bertz CT molecular complexity index is 1170. The number of carbonyl (C=O) groups excluding carboxylic acids is 3. The first kappa shape index (κ1) is 24.2. The Kier molecular flexibility index (Phi) is 8.51. The van der Waals surface area contributed by atoms with Gasteiger partial charge >= 0.3 is 11.8 Å². The molecular formula is C26H26N4O4. The van der Waals surface area contributed by atoms with Gasteiger partial charge in [-0.25, -0.2) is 5.43 Å². The van der Waals surface area contributed by atoms with Gasteiger partial charge in [0.2, 0.25) is 0 Å². The highest BCUT2D eigenvalue weighted by Crippen LogP contribution is 2.20. The van der Waals surface area contributed by atoms with E-state index in [-0.39, 0.29) is 19.1 Å². The number of hydrazone groups is 1. The molecule has 3 rings (SSSR count). The predicted octanol–water partition coefficient (Wildman–Crippen LogP) is 3.09. The highest BCUT2D eigenvalue weighted by molar-refractivity contribution is 6.35. The minimum atomic E-state index is -0.890. The Balaban J connectivity index is 1.51. The van der Waals surface area contributed by atoms with Gasteiger partial charge in [0, 0.05) is 17.8 Å². The van der Waals surface area contributed by atoms with Crippen LogP contribution in [0.15, 0.2) is 77.9 Å². The van der Waals surface area contributed by atoms with Gasteiger partial charge in [0.25, 0.3) is 5.91 Å². The molecule has 0 radical (unpaired) electrons. The molecule has 3 N–H and O–H groups in total. The maximum absolute atomic E-state index is 12.4. The van der Waals surface area contributed by atoms with Crippen molar-refractivity contribution in [3.63, 3.8) is 0 Å². The number of nitrogens with zero attached hydrogens (tertiary/aromatic N) is 1. The van der Waals surface area contributed by atoms with E-state index in [1.54, 1.807) is 24.3 Å². The number of amides is 3. The van der Waals surface area contributed by atoms with E-state index in [2.05, 4.69) is 21.2 Å². The molecule has 3 aromatic carbocycles. The number of hydrogen-bond acceptors (Lipinski definition) is 5. The van der Waals surface area contributed by atoms with Crippen LogP contribution in [0.3, 0.4) is 0 Å². The van der Waals surface area contributed by atoms with Gasteiger partial charge in [-0.15, -0.1) is 0 Å². The maximum Gasteiger partial charge on any atom is 0.329 e. The molecule has 3 aromatic rings. The summed E-state index contributed by atoms with van der Waals surface area (Å²) < 4.78 is 5.65. The Morgan fingerprint density at radius 2 is 1.53 bits per heavy atom. The quantitative estimate of drug-likeness (QED) is 0.274. The highest BCUT2D eigenvalue weighted by Gasteiger charge is 2.12. The van der Waals surface area contributed by atoms with Crippen molar-refractivity contribution in [2.45, 2.75) is 20.4 Å². The second-order valence-corrected chi connectivity index (χ2v) is 7.51. The smallest absolute Gasteiger partial charge is 0.329 e. The van der Waals surface area contributed by atoms with Crippen molar-refractivity contribution in [3.05, 3.63) is 95.1 Å². The molecule has 8 nitrogen and oxygen atoms in total. The van der Waals surface area contributed by atoms with Crippen LogP contribution in [0.5, 0.6) is 5.75 Å². The number of ether oxygens (including phenoxy) is 1. The molecule has 0 saturated carbocycles. The molecule has 0 aliphatic carbocycles. The van der Waals surface area contributed by atoms with Crippen molar-refractivity contribution in [2.24, 2.45) is 5.10 Å². The summed E-state index contributed by atoms with van der Waals surface area (Å²) in [5.74, 6) is -1.58. The molecule has 0 aliphatic rings. The van der Waals surface area contributed by atoms with Crippen LogP contribution >= 0.6 is 0 Å². The minimum absolute atomic E-state index is 0.202. The molecular weight excluding hydrogens is 432 g/mol. The molecule has 0 unspecified atom stereocenters. The van der Waals surface area contributed by atoms with Crippen molar-refractivity contribution in [1.29, 1.82) is 0 Å². The largest absolute Gasteiger partial charge is 0.483 e. The summed E-state index contributed by atoms with van der Waals surface area (Å²) in [5.41, 5.74) is 6.29. The monoisotopic (exact) mass is 458 g/mol. The van der Waals surface area contributed by atoms with E-state index in [1.807, 2.05) is 62.4 Å². The summed E-state index contributed by atoms with van der Waals surface area (Å²) in [5, 5.41) is 9.22. The number of anilines is 1. The molecule has 0 bridgehead atoms. The van der Waals surface area contributed by atoms with Crippen LogP contribution in [-0.2, 0) is 20.9 Å². The van der Waals surface area contributed by atoms with Crippen LogP contribution in [0.4, 0.5) is 5.69 Å². The zero-order valence-corrected chi connectivity index (χ0v) is 19.0. The lowest BCUT2D eigenvalue weighted by Gasteiger charge is -2.13. The summed E-state index contributed by atoms with van der Waals surface area (Å²) in [4.78, 5) is 36.3. The van der Waals surface area contributed by atoms with Gasteiger partial charge in [-0.3, -0.25) is 14.4 Å². The van der Waals surface area contributed by atoms with Crippen molar-refractivity contribution >= 4 is 29.6 Å². The van der Waals surface area contributed by atoms with E-state index in [0.29, 0.717) is 11.3 Å². The number of hydrogen-bond donors (Lipinski definition) is 3. The van der Waals surface area contributed by atoms with Gasteiger partial charge in [-0.1, -0.05) is 60.7 Å². The Morgan fingerprint density at radius 3 is 2.26 bits per heavy atom. The van der Waals surface area contributed by atoms with Gasteiger partial charge in [-0.2, -0.15) is 5.10 Å². The molecule has 0 saturated heterocycles. The van der Waals surface area contributed by atoms with Crippen LogP contribution in [0.2, 0.25) is 0 Å². The maximum atomic E-state index is 12.4. The van der Waals surface area contributed by atoms with Crippen LogP contribution in [0.25, 0.3) is 0 Å². The SMILES string of the molecule is Cc1cccc(C)c1NC(=O)COc1ccccc1/C=N\NC(=O)C(=O)NCc1ccccc1. The average Bonchev–Trinajstić information content (AvgIpc) is 2.85. The lowest BCUT2D eigenvalue weighted by atomic mass is 10.1. The van der Waals surface area contributed by atoms with Gasteiger partial charge in [0.05, 0.1) is 6.21 Å². The minimum Gasteiger partial charge on any atom is -0.483 e. The van der Waals surface area contributed by atoms with Crippen molar-refractivity contribution in [3.8, 4) is 5.75 Å². The second kappa shape index (κ2) is 12.0. The number of aryl methyl sites for hydroxylation is 2. The highest BCUT2D eigenvalue weighted by atomic mass is 16.5.